The third-order valence-corrected chi connectivity index (χ3v) is 5.36. The Labute approximate surface area is 146 Å². The van der Waals surface area contributed by atoms with E-state index in [0.29, 0.717) is 5.92 Å². The first-order valence-electron chi connectivity index (χ1n) is 9.08. The second-order valence-electron chi connectivity index (χ2n) is 7.52. The highest BCUT2D eigenvalue weighted by molar-refractivity contribution is 5.37. The Balaban J connectivity index is 1.71. The van der Waals surface area contributed by atoms with Gasteiger partial charge in [0.05, 0.1) is 5.60 Å². The fraction of sp³-hybridized carbons (Fsp3) is 0.455. The van der Waals surface area contributed by atoms with E-state index >= 15 is 0 Å². The number of aryl methyl sites for hydroxylation is 1. The summed E-state index contributed by atoms with van der Waals surface area (Å²) in [4.78, 5) is 2.45. The van der Waals surface area contributed by atoms with Crippen LogP contribution in [-0.2, 0) is 12.1 Å². The van der Waals surface area contributed by atoms with Gasteiger partial charge in [-0.05, 0) is 47.9 Å². The summed E-state index contributed by atoms with van der Waals surface area (Å²) in [6.45, 7) is 9.39. The Morgan fingerprint density at radius 2 is 1.71 bits per heavy atom. The zero-order valence-corrected chi connectivity index (χ0v) is 15.1. The molecule has 0 aromatic heterocycles. The molecular weight excluding hydrogens is 294 g/mol. The van der Waals surface area contributed by atoms with Gasteiger partial charge in [-0.3, -0.25) is 4.90 Å². The van der Waals surface area contributed by atoms with Crippen molar-refractivity contribution in [3.8, 4) is 0 Å². The third-order valence-electron chi connectivity index (χ3n) is 5.36. The van der Waals surface area contributed by atoms with Crippen molar-refractivity contribution in [2.75, 3.05) is 13.1 Å². The number of nitrogens with zero attached hydrogens (tertiary/aromatic N) is 1. The number of piperidine rings is 1. The zero-order valence-electron chi connectivity index (χ0n) is 15.1. The van der Waals surface area contributed by atoms with Crippen molar-refractivity contribution >= 4 is 0 Å². The summed E-state index contributed by atoms with van der Waals surface area (Å²) in [5.41, 5.74) is 4.32. The molecule has 0 amide bonds. The summed E-state index contributed by atoms with van der Waals surface area (Å²) >= 11 is 0. The van der Waals surface area contributed by atoms with Crippen LogP contribution in [0.4, 0.5) is 0 Å². The molecule has 3 rings (SSSR count). The zero-order chi connectivity index (χ0) is 17.2. The minimum atomic E-state index is -0.678. The summed E-state index contributed by atoms with van der Waals surface area (Å²) in [6, 6.07) is 17.2. The Bertz CT molecular complexity index is 670. The van der Waals surface area contributed by atoms with Crippen LogP contribution in [0.5, 0.6) is 0 Å². The highest BCUT2D eigenvalue weighted by atomic mass is 16.3. The summed E-state index contributed by atoms with van der Waals surface area (Å²) < 4.78 is 0. The van der Waals surface area contributed by atoms with Crippen molar-refractivity contribution in [3.63, 3.8) is 0 Å². The first-order valence-corrected chi connectivity index (χ1v) is 9.08. The molecule has 2 aromatic carbocycles. The average Bonchev–Trinajstić information content (AvgIpc) is 2.58. The van der Waals surface area contributed by atoms with Crippen LogP contribution in [0.25, 0.3) is 0 Å². The summed E-state index contributed by atoms with van der Waals surface area (Å²) in [5.74, 6) is 0.492. The average molecular weight is 323 g/mol. The van der Waals surface area contributed by atoms with Crippen LogP contribution in [0, 0.1) is 6.92 Å². The van der Waals surface area contributed by atoms with Gasteiger partial charge in [-0.1, -0.05) is 62.4 Å². The lowest BCUT2D eigenvalue weighted by molar-refractivity contribution is -0.0282. The molecule has 24 heavy (non-hydrogen) atoms. The Kier molecular flexibility index (Phi) is 5.07. The van der Waals surface area contributed by atoms with E-state index in [-0.39, 0.29) is 0 Å². The molecule has 0 spiro atoms. The van der Waals surface area contributed by atoms with Gasteiger partial charge in [0.15, 0.2) is 0 Å². The number of likely N-dealkylation sites (tertiary alicyclic amines) is 1. The second-order valence-corrected chi connectivity index (χ2v) is 7.52. The molecule has 0 aliphatic carbocycles. The van der Waals surface area contributed by atoms with Gasteiger partial charge in [0.1, 0.15) is 0 Å². The molecule has 2 nitrogen and oxygen atoms in total. The topological polar surface area (TPSA) is 23.5 Å². The minimum Gasteiger partial charge on any atom is -0.385 e. The molecule has 1 aliphatic heterocycles. The van der Waals surface area contributed by atoms with Gasteiger partial charge in [-0.15, -0.1) is 0 Å². The molecule has 0 saturated carbocycles. The van der Waals surface area contributed by atoms with E-state index in [1.807, 2.05) is 0 Å². The lowest BCUT2D eigenvalue weighted by atomic mass is 9.80. The lowest BCUT2D eigenvalue weighted by Crippen LogP contribution is -2.42. The number of hydrogen-bond acceptors (Lipinski definition) is 2. The predicted octanol–water partition coefficient (Wildman–Crippen LogP) is 4.60. The molecule has 0 unspecified atom stereocenters. The molecule has 1 heterocycles. The largest absolute Gasteiger partial charge is 0.385 e. The summed E-state index contributed by atoms with van der Waals surface area (Å²) in [7, 11) is 0. The molecule has 0 bridgehead atoms. The Hall–Kier alpha value is -1.64. The molecule has 2 aromatic rings. The lowest BCUT2D eigenvalue weighted by Gasteiger charge is -2.39. The first-order chi connectivity index (χ1) is 11.5. The quantitative estimate of drug-likeness (QED) is 0.888. The monoisotopic (exact) mass is 323 g/mol. The van der Waals surface area contributed by atoms with Gasteiger partial charge in [0.2, 0.25) is 0 Å². The van der Waals surface area contributed by atoms with Crippen molar-refractivity contribution < 1.29 is 5.11 Å². The van der Waals surface area contributed by atoms with Crippen molar-refractivity contribution in [1.29, 1.82) is 0 Å². The van der Waals surface area contributed by atoms with Crippen molar-refractivity contribution in [3.05, 3.63) is 70.8 Å². The maximum atomic E-state index is 11.3. The van der Waals surface area contributed by atoms with Gasteiger partial charge < -0.3 is 5.11 Å². The molecule has 1 saturated heterocycles. The van der Waals surface area contributed by atoms with E-state index in [2.05, 4.69) is 74.2 Å². The van der Waals surface area contributed by atoms with Crippen molar-refractivity contribution in [2.45, 2.75) is 51.7 Å². The highest BCUT2D eigenvalue weighted by Crippen LogP contribution is 2.36. The Morgan fingerprint density at radius 1 is 1.04 bits per heavy atom. The second kappa shape index (κ2) is 7.08. The SMILES string of the molecule is Cc1ccc(C(C)C)cc1C1(O)CCN(Cc2ccccc2)CC1. The van der Waals surface area contributed by atoms with Crippen LogP contribution in [0.3, 0.4) is 0 Å². The highest BCUT2D eigenvalue weighted by Gasteiger charge is 2.35. The molecule has 1 fully saturated rings. The van der Waals surface area contributed by atoms with E-state index in [1.54, 1.807) is 0 Å². The molecule has 1 aliphatic rings. The fourth-order valence-corrected chi connectivity index (χ4v) is 3.69. The molecular formula is C22H29NO. The number of benzene rings is 2. The van der Waals surface area contributed by atoms with E-state index in [1.165, 1.54) is 16.7 Å². The van der Waals surface area contributed by atoms with E-state index < -0.39 is 5.60 Å². The standard InChI is InChI=1S/C22H29NO/c1-17(2)20-10-9-18(3)21(15-20)22(24)11-13-23(14-12-22)16-19-7-5-4-6-8-19/h4-10,15,17,24H,11-14,16H2,1-3H3. The molecule has 128 valence electrons. The van der Waals surface area contributed by atoms with Crippen LogP contribution in [-0.4, -0.2) is 23.1 Å². The normalized spacial score (nSPS) is 18.0. The van der Waals surface area contributed by atoms with Gasteiger partial charge >= 0.3 is 0 Å². The van der Waals surface area contributed by atoms with Crippen LogP contribution >= 0.6 is 0 Å². The number of hydrogen-bond donors (Lipinski definition) is 1. The van der Waals surface area contributed by atoms with Gasteiger partial charge in [0.25, 0.3) is 0 Å². The van der Waals surface area contributed by atoms with E-state index in [9.17, 15) is 5.11 Å². The number of aliphatic hydroxyl groups is 1. The summed E-state index contributed by atoms with van der Waals surface area (Å²) in [6.07, 6.45) is 1.62. The maximum absolute atomic E-state index is 11.3. The molecule has 0 radical (unpaired) electrons. The molecule has 1 N–H and O–H groups in total. The van der Waals surface area contributed by atoms with Crippen molar-refractivity contribution in [2.24, 2.45) is 0 Å². The van der Waals surface area contributed by atoms with Gasteiger partial charge in [0, 0.05) is 19.6 Å². The molecule has 2 heteroatoms. The summed E-state index contributed by atoms with van der Waals surface area (Å²) in [5, 5.41) is 11.3. The maximum Gasteiger partial charge on any atom is 0.0923 e. The first kappa shape index (κ1) is 17.2. The van der Waals surface area contributed by atoms with Crippen LogP contribution < -0.4 is 0 Å². The van der Waals surface area contributed by atoms with Crippen LogP contribution in [0.1, 0.15) is 54.9 Å². The fourth-order valence-electron chi connectivity index (χ4n) is 3.69. The van der Waals surface area contributed by atoms with E-state index in [0.717, 1.165) is 38.0 Å². The predicted molar refractivity (Wildman–Crippen MR) is 100 cm³/mol. The molecule has 0 atom stereocenters. The van der Waals surface area contributed by atoms with E-state index in [4.69, 9.17) is 0 Å². The third kappa shape index (κ3) is 3.71. The van der Waals surface area contributed by atoms with Crippen LogP contribution in [0.15, 0.2) is 48.5 Å². The minimum absolute atomic E-state index is 0.492. The van der Waals surface area contributed by atoms with Crippen LogP contribution in [0.2, 0.25) is 0 Å². The smallest absolute Gasteiger partial charge is 0.0923 e. The Morgan fingerprint density at radius 3 is 2.33 bits per heavy atom. The van der Waals surface area contributed by atoms with Gasteiger partial charge in [-0.2, -0.15) is 0 Å². The number of rotatable bonds is 4. The van der Waals surface area contributed by atoms with Crippen molar-refractivity contribution in [1.82, 2.24) is 4.90 Å². The van der Waals surface area contributed by atoms with Gasteiger partial charge in [-0.25, -0.2) is 0 Å².